The van der Waals surface area contributed by atoms with Crippen molar-refractivity contribution in [3.8, 4) is 0 Å². The van der Waals surface area contributed by atoms with Gasteiger partial charge < -0.3 is 9.64 Å². The number of nitroso groups, excluding NO2 is 1. The average molecular weight is 365 g/mol. The summed E-state index contributed by atoms with van der Waals surface area (Å²) in [5.41, 5.74) is 0. The van der Waals surface area contributed by atoms with Gasteiger partial charge in [-0.25, -0.2) is 10.2 Å². The minimum atomic E-state index is -0.407. The van der Waals surface area contributed by atoms with Gasteiger partial charge in [-0.3, -0.25) is 9.59 Å². The summed E-state index contributed by atoms with van der Waals surface area (Å²) in [4.78, 5) is 34.6. The highest BCUT2D eigenvalue weighted by Crippen LogP contribution is 2.24. The molecule has 0 bridgehead atoms. The van der Waals surface area contributed by atoms with E-state index in [0.29, 0.717) is 31.6 Å². The summed E-state index contributed by atoms with van der Waals surface area (Å²) in [6, 6.07) is 0. The monoisotopic (exact) mass is 365 g/mol. The highest BCUT2D eigenvalue weighted by atomic mass is 32.2. The molecule has 8 nitrogen and oxygen atoms in total. The molecule has 1 aliphatic rings. The van der Waals surface area contributed by atoms with Crippen molar-refractivity contribution in [3.05, 3.63) is 4.91 Å². The largest absolute Gasteiger partial charge is 0.444 e. The van der Waals surface area contributed by atoms with Crippen LogP contribution in [0.15, 0.2) is 4.58 Å². The fourth-order valence-corrected chi connectivity index (χ4v) is 3.80. The van der Waals surface area contributed by atoms with Gasteiger partial charge in [0.05, 0.1) is 0 Å². The van der Waals surface area contributed by atoms with Crippen LogP contribution in [0.5, 0.6) is 0 Å². The molecular weight excluding hydrogens is 342 g/mol. The Bertz CT molecular complexity index is 376. The van der Waals surface area contributed by atoms with Gasteiger partial charge in [-0.2, -0.15) is 0 Å². The molecule has 0 aromatic heterocycles. The first-order valence-corrected chi connectivity index (χ1v) is 9.33. The first kappa shape index (κ1) is 20.2. The lowest BCUT2D eigenvalue weighted by Gasteiger charge is -2.22. The number of ether oxygens (including phenoxy) is 1. The maximum Gasteiger partial charge on any atom is 0.295 e. The van der Waals surface area contributed by atoms with E-state index in [4.69, 9.17) is 10.6 Å². The lowest BCUT2D eigenvalue weighted by atomic mass is 10.1. The van der Waals surface area contributed by atoms with Crippen LogP contribution in [0.3, 0.4) is 0 Å². The van der Waals surface area contributed by atoms with E-state index in [9.17, 15) is 14.5 Å². The summed E-state index contributed by atoms with van der Waals surface area (Å²) in [5, 5.41) is 0.114. The second-order valence-electron chi connectivity index (χ2n) is 5.17. The number of hydrogen-bond acceptors (Lipinski definition) is 9. The van der Waals surface area contributed by atoms with Crippen LogP contribution >= 0.6 is 24.0 Å². The molecule has 1 unspecified atom stereocenters. The van der Waals surface area contributed by atoms with E-state index in [-0.39, 0.29) is 11.2 Å². The van der Waals surface area contributed by atoms with Crippen LogP contribution in [0.4, 0.5) is 0 Å². The van der Waals surface area contributed by atoms with Crippen LogP contribution in [0, 0.1) is 4.91 Å². The van der Waals surface area contributed by atoms with Gasteiger partial charge in [0.15, 0.2) is 6.23 Å². The summed E-state index contributed by atoms with van der Waals surface area (Å²) >= 11 is 2.17. The number of unbranched alkanes of at least 4 members (excludes halogenated alkanes) is 1. The molecule has 0 aromatic rings. The molecule has 1 amide bonds. The maximum absolute atomic E-state index is 12.1. The number of amides is 1. The van der Waals surface area contributed by atoms with Crippen LogP contribution in [0.2, 0.25) is 0 Å². The lowest BCUT2D eigenvalue weighted by Crippen LogP contribution is -2.36. The van der Waals surface area contributed by atoms with Crippen molar-refractivity contribution in [1.29, 1.82) is 0 Å². The predicted molar refractivity (Wildman–Crippen MR) is 89.9 cm³/mol. The Balaban J connectivity index is 2.22. The highest BCUT2D eigenvalue weighted by molar-refractivity contribution is 7.98. The summed E-state index contributed by atoms with van der Waals surface area (Å²) in [5.74, 6) is 5.64. The molecule has 2 N–H and O–H groups in total. The van der Waals surface area contributed by atoms with E-state index in [1.54, 1.807) is 4.90 Å². The third kappa shape index (κ3) is 8.00. The Morgan fingerprint density at radius 2 is 2.26 bits per heavy atom. The quantitative estimate of drug-likeness (QED) is 0.132. The smallest absolute Gasteiger partial charge is 0.295 e. The third-order valence-electron chi connectivity index (χ3n) is 3.68. The Labute approximate surface area is 144 Å². The van der Waals surface area contributed by atoms with Crippen molar-refractivity contribution in [2.45, 2.75) is 56.4 Å². The fourth-order valence-electron chi connectivity index (χ4n) is 2.56. The maximum atomic E-state index is 12.1. The molecule has 23 heavy (non-hydrogen) atoms. The van der Waals surface area contributed by atoms with E-state index < -0.39 is 6.23 Å². The Hall–Kier alpha value is -0.840. The van der Waals surface area contributed by atoms with Crippen molar-refractivity contribution in [2.24, 2.45) is 10.5 Å². The van der Waals surface area contributed by atoms with E-state index >= 15 is 0 Å². The Kier molecular flexibility index (Phi) is 11.0. The number of nitrogens with two attached hydrogens (primary N) is 1. The Morgan fingerprint density at radius 3 is 2.96 bits per heavy atom. The molecule has 0 aliphatic carbocycles. The predicted octanol–water partition coefficient (Wildman–Crippen LogP) is 2.38. The zero-order valence-electron chi connectivity index (χ0n) is 12.9. The van der Waals surface area contributed by atoms with Gasteiger partial charge in [-0.1, -0.05) is 6.42 Å². The Morgan fingerprint density at radius 1 is 1.43 bits per heavy atom. The number of carbonyl (C=O) groups excluding carboxylic acids is 2. The molecule has 1 saturated heterocycles. The highest BCUT2D eigenvalue weighted by Gasteiger charge is 2.29. The fraction of sp³-hybridized carbons (Fsp3) is 0.846. The number of rotatable bonds is 13. The van der Waals surface area contributed by atoms with Gasteiger partial charge >= 0.3 is 0 Å². The van der Waals surface area contributed by atoms with Crippen LogP contribution in [-0.4, -0.2) is 41.1 Å². The minimum absolute atomic E-state index is 0.0131. The second kappa shape index (κ2) is 12.6. The summed E-state index contributed by atoms with van der Waals surface area (Å²) in [6.07, 6.45) is 4.72. The zero-order chi connectivity index (χ0) is 16.9. The van der Waals surface area contributed by atoms with Crippen molar-refractivity contribution in [2.75, 3.05) is 12.3 Å². The summed E-state index contributed by atoms with van der Waals surface area (Å²) in [6.45, 7) is 1.04. The number of likely N-dealkylation sites (tertiary alicyclic amines) is 1. The van der Waals surface area contributed by atoms with Gasteiger partial charge in [0.1, 0.15) is 0 Å². The molecule has 10 heteroatoms. The molecule has 1 rings (SSSR count). The van der Waals surface area contributed by atoms with Gasteiger partial charge in [0.25, 0.3) is 6.47 Å². The molecule has 0 spiro atoms. The molecule has 1 aliphatic heterocycles. The molecule has 1 fully saturated rings. The van der Waals surface area contributed by atoms with E-state index in [0.717, 1.165) is 56.1 Å². The van der Waals surface area contributed by atoms with Gasteiger partial charge in [0, 0.05) is 59.0 Å². The van der Waals surface area contributed by atoms with Crippen LogP contribution in [-0.2, 0) is 18.6 Å². The first-order valence-electron chi connectivity index (χ1n) is 7.58. The summed E-state index contributed by atoms with van der Waals surface area (Å²) < 4.78 is 12.2. The zero-order valence-corrected chi connectivity index (χ0v) is 14.6. The molecular formula is C13H23N3O5S2. The standard InChI is InChI=1S/C13H23N3O5S2/c14-21-22-9-7-11(23-15-19)4-1-2-5-12(18)16-8-3-6-13(16)20-10-17/h10-11,13H,1-9,14H2/t11?,13-/m1/s1. The van der Waals surface area contributed by atoms with Crippen molar-refractivity contribution < 1.29 is 18.6 Å². The van der Waals surface area contributed by atoms with Gasteiger partial charge in [0.2, 0.25) is 5.91 Å². The molecule has 2 atom stereocenters. The molecule has 0 aromatic carbocycles. The second-order valence-corrected chi connectivity index (χ2v) is 7.03. The van der Waals surface area contributed by atoms with Crippen LogP contribution < -0.4 is 5.90 Å². The van der Waals surface area contributed by atoms with Crippen molar-refractivity contribution >= 4 is 36.4 Å². The van der Waals surface area contributed by atoms with E-state index in [1.165, 1.54) is 0 Å². The first-order chi connectivity index (χ1) is 11.2. The van der Waals surface area contributed by atoms with Gasteiger partial charge in [-0.15, -0.1) is 4.91 Å². The van der Waals surface area contributed by atoms with Crippen LogP contribution in [0.25, 0.3) is 0 Å². The van der Waals surface area contributed by atoms with E-state index in [2.05, 4.69) is 8.87 Å². The topological polar surface area (TPSA) is 111 Å². The lowest BCUT2D eigenvalue weighted by molar-refractivity contribution is -0.150. The van der Waals surface area contributed by atoms with Crippen molar-refractivity contribution in [1.82, 2.24) is 4.90 Å². The molecule has 0 radical (unpaired) electrons. The third-order valence-corrected chi connectivity index (χ3v) is 5.07. The van der Waals surface area contributed by atoms with Gasteiger partial charge in [-0.05, 0) is 25.7 Å². The molecule has 0 saturated carbocycles. The van der Waals surface area contributed by atoms with E-state index in [1.807, 2.05) is 0 Å². The van der Waals surface area contributed by atoms with Crippen molar-refractivity contribution in [3.63, 3.8) is 0 Å². The minimum Gasteiger partial charge on any atom is -0.444 e. The van der Waals surface area contributed by atoms with Crippen LogP contribution in [0.1, 0.15) is 44.9 Å². The SMILES string of the molecule is NOSCCC(CCCCC(=O)N1CCC[C@H]1OC=O)SN=O. The number of hydrogen-bond donors (Lipinski definition) is 1. The molecule has 132 valence electrons. The summed E-state index contributed by atoms with van der Waals surface area (Å²) in [7, 11) is 0. The average Bonchev–Trinajstić information content (AvgIpc) is 3.00. The normalized spacial score (nSPS) is 18.7. The number of carbonyl (C=O) groups is 2. The number of nitrogens with zero attached hydrogens (tertiary/aromatic N) is 2. The molecule has 1 heterocycles.